The van der Waals surface area contributed by atoms with Crippen molar-refractivity contribution in [1.29, 1.82) is 0 Å². The average Bonchev–Trinajstić information content (AvgIpc) is 2.44. The van der Waals surface area contributed by atoms with Crippen molar-refractivity contribution in [1.82, 2.24) is 5.32 Å². The van der Waals surface area contributed by atoms with Gasteiger partial charge >= 0.3 is 5.97 Å². The number of carbonyl (C=O) groups excluding carboxylic acids is 2. The van der Waals surface area contributed by atoms with Gasteiger partial charge in [0.05, 0.1) is 19.1 Å². The number of methoxy groups -OCH3 is 1. The summed E-state index contributed by atoms with van der Waals surface area (Å²) in [5.74, 6) is -0.883. The number of nitrogens with two attached hydrogens (primary N) is 1. The number of esters is 1. The van der Waals surface area contributed by atoms with Crippen molar-refractivity contribution in [3.05, 3.63) is 29.8 Å². The van der Waals surface area contributed by atoms with Crippen molar-refractivity contribution in [2.45, 2.75) is 19.4 Å². The van der Waals surface area contributed by atoms with E-state index in [9.17, 15) is 9.59 Å². The lowest BCUT2D eigenvalue weighted by Gasteiger charge is -2.18. The Bertz CT molecular complexity index is 417. The molecule has 104 valence electrons. The van der Waals surface area contributed by atoms with Gasteiger partial charge < -0.3 is 20.6 Å². The maximum absolute atomic E-state index is 11.3. The highest BCUT2D eigenvalue weighted by molar-refractivity contribution is 5.77. The van der Waals surface area contributed by atoms with Crippen LogP contribution >= 0.6 is 0 Å². The molecule has 19 heavy (non-hydrogen) atoms. The number of anilines is 1. The molecule has 0 aliphatic heterocycles. The summed E-state index contributed by atoms with van der Waals surface area (Å²) in [5, 5.41) is 3.05. The Labute approximate surface area is 113 Å². The van der Waals surface area contributed by atoms with Crippen LogP contribution in [0.2, 0.25) is 0 Å². The van der Waals surface area contributed by atoms with E-state index >= 15 is 0 Å². The van der Waals surface area contributed by atoms with Crippen molar-refractivity contribution < 1.29 is 14.3 Å². The molecule has 0 radical (unpaired) electrons. The van der Waals surface area contributed by atoms with Crippen molar-refractivity contribution in [2.75, 3.05) is 19.4 Å². The molecule has 5 heteroatoms. The maximum atomic E-state index is 11.3. The lowest BCUT2D eigenvalue weighted by Crippen LogP contribution is -2.41. The van der Waals surface area contributed by atoms with Gasteiger partial charge in [0.1, 0.15) is 6.29 Å². The first kappa shape index (κ1) is 15.2. The summed E-state index contributed by atoms with van der Waals surface area (Å²) in [6.07, 6.45) is 1.50. The Balaban J connectivity index is 2.43. The lowest BCUT2D eigenvalue weighted by atomic mass is 10.0. The summed E-state index contributed by atoms with van der Waals surface area (Å²) < 4.78 is 4.62. The van der Waals surface area contributed by atoms with Crippen LogP contribution in [0.3, 0.4) is 0 Å². The first-order chi connectivity index (χ1) is 9.08. The Morgan fingerprint density at radius 3 is 2.58 bits per heavy atom. The zero-order chi connectivity index (χ0) is 14.3. The molecule has 1 rings (SSSR count). The van der Waals surface area contributed by atoms with Crippen LogP contribution in [-0.4, -0.2) is 32.0 Å². The first-order valence-corrected chi connectivity index (χ1v) is 6.19. The maximum Gasteiger partial charge on any atom is 0.310 e. The van der Waals surface area contributed by atoms with E-state index in [1.807, 2.05) is 24.3 Å². The van der Waals surface area contributed by atoms with E-state index in [2.05, 4.69) is 10.1 Å². The predicted octanol–water partition coefficient (Wildman–Crippen LogP) is 0.777. The largest absolute Gasteiger partial charge is 0.469 e. The van der Waals surface area contributed by atoms with Crippen LogP contribution in [0.15, 0.2) is 24.3 Å². The second-order valence-corrected chi connectivity index (χ2v) is 4.42. The van der Waals surface area contributed by atoms with E-state index < -0.39 is 17.9 Å². The number of hydrogen-bond donors (Lipinski definition) is 2. The number of rotatable bonds is 7. The highest BCUT2D eigenvalue weighted by atomic mass is 16.5. The third kappa shape index (κ3) is 4.71. The molecular weight excluding hydrogens is 244 g/mol. The third-order valence-electron chi connectivity index (χ3n) is 3.03. The number of ether oxygens (including phenoxy) is 1. The normalized spacial score (nSPS) is 13.6. The molecule has 1 aromatic carbocycles. The number of carbonyl (C=O) groups is 2. The van der Waals surface area contributed by atoms with Gasteiger partial charge in [0.25, 0.3) is 0 Å². The van der Waals surface area contributed by atoms with Crippen LogP contribution in [0.5, 0.6) is 0 Å². The van der Waals surface area contributed by atoms with Gasteiger partial charge in [-0.15, -0.1) is 0 Å². The minimum absolute atomic E-state index is 0.392. The molecule has 0 aliphatic carbocycles. The Morgan fingerprint density at radius 2 is 2.05 bits per heavy atom. The molecule has 0 fully saturated rings. The van der Waals surface area contributed by atoms with E-state index in [0.29, 0.717) is 6.54 Å². The number of benzene rings is 1. The lowest BCUT2D eigenvalue weighted by molar-refractivity contribution is -0.146. The van der Waals surface area contributed by atoms with Crippen molar-refractivity contribution in [2.24, 2.45) is 5.92 Å². The van der Waals surface area contributed by atoms with Crippen LogP contribution < -0.4 is 11.1 Å². The second-order valence-electron chi connectivity index (χ2n) is 4.42. The minimum Gasteiger partial charge on any atom is -0.469 e. The molecule has 0 amide bonds. The number of nitrogen functional groups attached to an aromatic ring is 1. The van der Waals surface area contributed by atoms with Crippen molar-refractivity contribution in [3.63, 3.8) is 0 Å². The number of aldehydes is 1. The molecular formula is C14H20N2O3. The Kier molecular flexibility index (Phi) is 6.02. The van der Waals surface area contributed by atoms with Gasteiger partial charge in [-0.25, -0.2) is 0 Å². The average molecular weight is 264 g/mol. The van der Waals surface area contributed by atoms with Crippen LogP contribution in [0.1, 0.15) is 12.5 Å². The van der Waals surface area contributed by atoms with Crippen LogP contribution in [0.25, 0.3) is 0 Å². The summed E-state index contributed by atoms with van der Waals surface area (Å²) >= 11 is 0. The molecule has 1 aromatic rings. The molecule has 0 spiro atoms. The molecule has 5 nitrogen and oxygen atoms in total. The minimum atomic E-state index is -0.527. The zero-order valence-corrected chi connectivity index (χ0v) is 11.3. The van der Waals surface area contributed by atoms with E-state index in [1.54, 1.807) is 6.92 Å². The standard InChI is InChI=1S/C14H20N2O3/c1-10(14(18)19-2)13(9-17)16-8-7-11-3-5-12(15)6-4-11/h3-6,9-10,13,16H,7-8,15H2,1-2H3. The Morgan fingerprint density at radius 1 is 1.42 bits per heavy atom. The monoisotopic (exact) mass is 264 g/mol. The topological polar surface area (TPSA) is 81.4 Å². The summed E-state index contributed by atoms with van der Waals surface area (Å²) in [6.45, 7) is 2.27. The van der Waals surface area contributed by atoms with Gasteiger partial charge in [-0.05, 0) is 37.6 Å². The van der Waals surface area contributed by atoms with Gasteiger partial charge in [0, 0.05) is 5.69 Å². The van der Waals surface area contributed by atoms with Gasteiger partial charge in [0.2, 0.25) is 0 Å². The van der Waals surface area contributed by atoms with E-state index in [-0.39, 0.29) is 0 Å². The fourth-order valence-corrected chi connectivity index (χ4v) is 1.74. The summed E-state index contributed by atoms with van der Waals surface area (Å²) in [6, 6.07) is 7.03. The van der Waals surface area contributed by atoms with E-state index in [0.717, 1.165) is 24.0 Å². The highest BCUT2D eigenvalue weighted by Crippen LogP contribution is 2.07. The van der Waals surface area contributed by atoms with Crippen LogP contribution in [0, 0.1) is 5.92 Å². The fourth-order valence-electron chi connectivity index (χ4n) is 1.74. The summed E-state index contributed by atoms with van der Waals surface area (Å²) in [7, 11) is 1.31. The SMILES string of the molecule is COC(=O)C(C)C(C=O)NCCc1ccc(N)cc1. The second kappa shape index (κ2) is 7.53. The van der Waals surface area contributed by atoms with Crippen LogP contribution in [-0.2, 0) is 20.7 Å². The third-order valence-corrected chi connectivity index (χ3v) is 3.03. The number of hydrogen-bond acceptors (Lipinski definition) is 5. The first-order valence-electron chi connectivity index (χ1n) is 6.19. The fraction of sp³-hybridized carbons (Fsp3) is 0.429. The molecule has 0 aromatic heterocycles. The zero-order valence-electron chi connectivity index (χ0n) is 11.3. The van der Waals surface area contributed by atoms with E-state index in [4.69, 9.17) is 5.73 Å². The molecule has 0 saturated heterocycles. The van der Waals surface area contributed by atoms with Gasteiger partial charge in [-0.3, -0.25) is 4.79 Å². The van der Waals surface area contributed by atoms with E-state index in [1.165, 1.54) is 7.11 Å². The quantitative estimate of drug-likeness (QED) is 0.432. The Hall–Kier alpha value is -1.88. The van der Waals surface area contributed by atoms with Gasteiger partial charge in [-0.2, -0.15) is 0 Å². The molecule has 0 aliphatic rings. The number of nitrogens with one attached hydrogen (secondary N) is 1. The van der Waals surface area contributed by atoms with Crippen molar-refractivity contribution >= 4 is 17.9 Å². The molecule has 2 atom stereocenters. The summed E-state index contributed by atoms with van der Waals surface area (Å²) in [4.78, 5) is 22.3. The molecule has 0 saturated carbocycles. The molecule has 0 heterocycles. The molecule has 3 N–H and O–H groups in total. The predicted molar refractivity (Wildman–Crippen MR) is 73.6 cm³/mol. The summed E-state index contributed by atoms with van der Waals surface area (Å²) in [5.41, 5.74) is 7.45. The van der Waals surface area contributed by atoms with Crippen molar-refractivity contribution in [3.8, 4) is 0 Å². The van der Waals surface area contributed by atoms with Gasteiger partial charge in [-0.1, -0.05) is 12.1 Å². The highest BCUT2D eigenvalue weighted by Gasteiger charge is 2.23. The molecule has 2 unspecified atom stereocenters. The van der Waals surface area contributed by atoms with Gasteiger partial charge in [0.15, 0.2) is 0 Å². The smallest absolute Gasteiger partial charge is 0.310 e. The molecule has 0 bridgehead atoms. The van der Waals surface area contributed by atoms with Crippen LogP contribution in [0.4, 0.5) is 5.69 Å².